The molecule has 1 unspecified atom stereocenters. The summed E-state index contributed by atoms with van der Waals surface area (Å²) in [6.45, 7) is 10.2. The molecule has 0 bridgehead atoms. The molecule has 8 nitrogen and oxygen atoms in total. The molecule has 10 heteroatoms. The molecule has 36 heavy (non-hydrogen) atoms. The number of rotatable bonds is 9. The molecular weight excluding hydrogens is 505 g/mol. The highest BCUT2D eigenvalue weighted by Gasteiger charge is 2.46. The van der Waals surface area contributed by atoms with E-state index in [9.17, 15) is 19.5 Å². The second kappa shape index (κ2) is 11.5. The Kier molecular flexibility index (Phi) is 8.87. The molecule has 1 amide bonds. The molecule has 0 spiro atoms. The van der Waals surface area contributed by atoms with Gasteiger partial charge in [0.1, 0.15) is 11.5 Å². The number of ketones is 1. The quantitative estimate of drug-likeness (QED) is 0.205. The molecule has 1 aliphatic heterocycles. The van der Waals surface area contributed by atoms with E-state index in [4.69, 9.17) is 27.9 Å². The fraction of sp³-hybridized carbons (Fsp3) is 0.423. The van der Waals surface area contributed by atoms with Gasteiger partial charge in [0.05, 0.1) is 28.8 Å². The number of aryl methyl sites for hydroxylation is 1. The van der Waals surface area contributed by atoms with Crippen molar-refractivity contribution in [2.24, 2.45) is 0 Å². The lowest BCUT2D eigenvalue weighted by atomic mass is 9.94. The standard InChI is InChI=1S/C26H31Cl2N3O5/c1-6-30(7-2)11-8-12-31-22(16-9-10-17(27)18(28)13-16)20(24(33)25(31)34)23(32)19-14(3)21(26(35)36-5)29-15(19)4/h9-10,13,22,29,32H,6-8,11-12H2,1-5H3/b23-20+. The molecule has 0 aliphatic carbocycles. The van der Waals surface area contributed by atoms with Gasteiger partial charge in [0.2, 0.25) is 0 Å². The van der Waals surface area contributed by atoms with Gasteiger partial charge in [0.25, 0.3) is 11.7 Å². The second-order valence-electron chi connectivity index (χ2n) is 8.66. The molecule has 1 aromatic heterocycles. The number of carbonyl (C=O) groups excluding carboxylic acids is 3. The number of hydrogen-bond acceptors (Lipinski definition) is 6. The molecule has 1 aromatic carbocycles. The Labute approximate surface area is 220 Å². The first-order valence-corrected chi connectivity index (χ1v) is 12.6. The number of aromatic nitrogens is 1. The molecule has 1 saturated heterocycles. The number of methoxy groups -OCH3 is 1. The Morgan fingerprint density at radius 1 is 1.17 bits per heavy atom. The highest BCUT2D eigenvalue weighted by molar-refractivity contribution is 6.47. The molecule has 1 atom stereocenters. The van der Waals surface area contributed by atoms with Crippen molar-refractivity contribution in [3.05, 3.63) is 61.9 Å². The van der Waals surface area contributed by atoms with Crippen LogP contribution in [0, 0.1) is 13.8 Å². The van der Waals surface area contributed by atoms with Crippen LogP contribution >= 0.6 is 23.2 Å². The number of aliphatic hydroxyl groups excluding tert-OH is 1. The zero-order chi connectivity index (χ0) is 26.7. The summed E-state index contributed by atoms with van der Waals surface area (Å²) >= 11 is 12.4. The summed E-state index contributed by atoms with van der Waals surface area (Å²) in [6.07, 6.45) is 0.640. The third kappa shape index (κ3) is 5.16. The number of nitrogens with one attached hydrogen (secondary N) is 1. The molecule has 0 saturated carbocycles. The number of H-pyrrole nitrogens is 1. The Morgan fingerprint density at radius 3 is 2.42 bits per heavy atom. The van der Waals surface area contributed by atoms with Crippen LogP contribution in [0.3, 0.4) is 0 Å². The van der Waals surface area contributed by atoms with Gasteiger partial charge in [-0.1, -0.05) is 43.1 Å². The molecule has 0 radical (unpaired) electrons. The minimum atomic E-state index is -0.869. The van der Waals surface area contributed by atoms with E-state index >= 15 is 0 Å². The summed E-state index contributed by atoms with van der Waals surface area (Å²) in [5, 5.41) is 12.0. The van der Waals surface area contributed by atoms with Crippen LogP contribution < -0.4 is 0 Å². The summed E-state index contributed by atoms with van der Waals surface area (Å²) in [6, 6.07) is 4.01. The van der Waals surface area contributed by atoms with E-state index in [1.807, 2.05) is 0 Å². The van der Waals surface area contributed by atoms with Crippen LogP contribution in [0.15, 0.2) is 23.8 Å². The van der Waals surface area contributed by atoms with Gasteiger partial charge >= 0.3 is 5.97 Å². The van der Waals surface area contributed by atoms with Crippen LogP contribution in [0.2, 0.25) is 10.0 Å². The van der Waals surface area contributed by atoms with Crippen LogP contribution in [0.5, 0.6) is 0 Å². The third-order valence-electron chi connectivity index (χ3n) is 6.63. The largest absolute Gasteiger partial charge is 0.507 e. The van der Waals surface area contributed by atoms with Crippen molar-refractivity contribution in [1.29, 1.82) is 0 Å². The zero-order valence-electron chi connectivity index (χ0n) is 21.1. The van der Waals surface area contributed by atoms with E-state index in [2.05, 4.69) is 23.7 Å². The summed E-state index contributed by atoms with van der Waals surface area (Å²) < 4.78 is 4.81. The maximum Gasteiger partial charge on any atom is 0.354 e. The van der Waals surface area contributed by atoms with Gasteiger partial charge < -0.3 is 24.6 Å². The lowest BCUT2D eigenvalue weighted by Crippen LogP contribution is -2.33. The van der Waals surface area contributed by atoms with Gasteiger partial charge in [0, 0.05) is 17.8 Å². The molecule has 2 aromatic rings. The Morgan fingerprint density at radius 2 is 1.83 bits per heavy atom. The van der Waals surface area contributed by atoms with E-state index in [0.29, 0.717) is 34.8 Å². The minimum Gasteiger partial charge on any atom is -0.507 e. The molecule has 2 heterocycles. The van der Waals surface area contributed by atoms with E-state index < -0.39 is 23.7 Å². The van der Waals surface area contributed by atoms with Crippen molar-refractivity contribution >= 4 is 46.6 Å². The smallest absolute Gasteiger partial charge is 0.354 e. The predicted octanol–water partition coefficient (Wildman–Crippen LogP) is 4.88. The van der Waals surface area contributed by atoms with Crippen LogP contribution in [0.1, 0.15) is 59.2 Å². The minimum absolute atomic E-state index is 0.0668. The van der Waals surface area contributed by atoms with Gasteiger partial charge in [-0.15, -0.1) is 0 Å². The number of nitrogens with zero attached hydrogens (tertiary/aromatic N) is 2. The second-order valence-corrected chi connectivity index (χ2v) is 9.48. The van der Waals surface area contributed by atoms with E-state index in [1.165, 1.54) is 12.0 Å². The van der Waals surface area contributed by atoms with Crippen molar-refractivity contribution in [1.82, 2.24) is 14.8 Å². The van der Waals surface area contributed by atoms with Gasteiger partial charge in [-0.25, -0.2) is 4.79 Å². The molecule has 3 rings (SSSR count). The number of aliphatic hydroxyl groups is 1. The fourth-order valence-corrected chi connectivity index (χ4v) is 5.00. The lowest BCUT2D eigenvalue weighted by Gasteiger charge is -2.27. The van der Waals surface area contributed by atoms with Crippen LogP contribution in [0.4, 0.5) is 0 Å². The number of likely N-dealkylation sites (tertiary alicyclic amines) is 1. The SMILES string of the molecule is CCN(CC)CCCN1C(=O)C(=O)/C(=C(/O)c2c(C)[nH]c(C(=O)OC)c2C)C1c1ccc(Cl)c(Cl)c1. The lowest BCUT2D eigenvalue weighted by molar-refractivity contribution is -0.140. The topological polar surface area (TPSA) is 103 Å². The Hall–Kier alpha value is -2.81. The number of carbonyl (C=O) groups is 3. The number of esters is 1. The molecular formula is C26H31Cl2N3O5. The first kappa shape index (κ1) is 27.8. The summed E-state index contributed by atoms with van der Waals surface area (Å²) in [5.41, 5.74) is 1.80. The Bertz CT molecular complexity index is 1220. The third-order valence-corrected chi connectivity index (χ3v) is 7.37. The number of ether oxygens (including phenoxy) is 1. The highest BCUT2D eigenvalue weighted by Crippen LogP contribution is 2.42. The van der Waals surface area contributed by atoms with Gasteiger partial charge in [-0.05, 0) is 63.2 Å². The van der Waals surface area contributed by atoms with E-state index in [-0.39, 0.29) is 27.6 Å². The number of aromatic amines is 1. The van der Waals surface area contributed by atoms with Gasteiger partial charge in [0.15, 0.2) is 0 Å². The predicted molar refractivity (Wildman–Crippen MR) is 139 cm³/mol. The normalized spacial score (nSPS) is 17.3. The zero-order valence-corrected chi connectivity index (χ0v) is 22.6. The van der Waals surface area contributed by atoms with E-state index in [0.717, 1.165) is 19.6 Å². The van der Waals surface area contributed by atoms with Crippen molar-refractivity contribution in [2.45, 2.75) is 40.2 Å². The molecule has 2 N–H and O–H groups in total. The van der Waals surface area contributed by atoms with Crippen molar-refractivity contribution in [3.8, 4) is 0 Å². The number of halogens is 2. The Balaban J connectivity index is 2.15. The highest BCUT2D eigenvalue weighted by atomic mass is 35.5. The van der Waals surface area contributed by atoms with Crippen molar-refractivity contribution in [3.63, 3.8) is 0 Å². The number of benzene rings is 1. The van der Waals surface area contributed by atoms with E-state index in [1.54, 1.807) is 32.0 Å². The summed E-state index contributed by atoms with van der Waals surface area (Å²) in [7, 11) is 1.26. The van der Waals surface area contributed by atoms with Crippen molar-refractivity contribution < 1.29 is 24.2 Å². The first-order chi connectivity index (χ1) is 17.1. The molecule has 1 aliphatic rings. The van der Waals surface area contributed by atoms with Crippen molar-refractivity contribution in [2.75, 3.05) is 33.3 Å². The fourth-order valence-electron chi connectivity index (χ4n) is 4.69. The van der Waals surface area contributed by atoms with Crippen LogP contribution in [-0.2, 0) is 14.3 Å². The maximum absolute atomic E-state index is 13.3. The number of hydrogen-bond donors (Lipinski definition) is 2. The van der Waals surface area contributed by atoms with Gasteiger partial charge in [-0.3, -0.25) is 9.59 Å². The number of Topliss-reactive ketones (excluding diaryl/α,β-unsaturated/α-hetero) is 1. The molecule has 1 fully saturated rings. The molecule has 194 valence electrons. The van der Waals surface area contributed by atoms with Crippen LogP contribution in [-0.4, -0.2) is 70.8 Å². The monoisotopic (exact) mass is 535 g/mol. The number of amides is 1. The first-order valence-electron chi connectivity index (χ1n) is 11.8. The average Bonchev–Trinajstić information content (AvgIpc) is 3.29. The summed E-state index contributed by atoms with van der Waals surface area (Å²) in [4.78, 5) is 45.3. The average molecular weight is 536 g/mol. The van der Waals surface area contributed by atoms with Gasteiger partial charge in [-0.2, -0.15) is 0 Å². The van der Waals surface area contributed by atoms with Crippen LogP contribution in [0.25, 0.3) is 5.76 Å². The maximum atomic E-state index is 13.3. The summed E-state index contributed by atoms with van der Waals surface area (Å²) in [5.74, 6) is -2.47.